The molecule has 0 N–H and O–H groups in total. The van der Waals surface area contributed by atoms with Crippen LogP contribution in [0.2, 0.25) is 0 Å². The van der Waals surface area contributed by atoms with Crippen molar-refractivity contribution in [2.24, 2.45) is 0 Å². The standard InChI is InChI=1S/C21H32O5/c1-3-16-25-20(22)10-8-6-4-5-7-9-11-21(23)26-17-18-12-14-19(24-2)15-13-18/h12-15H,3-11,16-17H2,1-2H3. The predicted octanol–water partition coefficient (Wildman–Crippen LogP) is 4.81. The molecule has 5 heteroatoms. The largest absolute Gasteiger partial charge is 0.497 e. The average Bonchev–Trinajstić information content (AvgIpc) is 2.67. The van der Waals surface area contributed by atoms with Crippen LogP contribution < -0.4 is 4.74 Å². The number of methoxy groups -OCH3 is 1. The molecule has 26 heavy (non-hydrogen) atoms. The molecule has 0 aliphatic carbocycles. The average molecular weight is 364 g/mol. The van der Waals surface area contributed by atoms with Gasteiger partial charge in [-0.3, -0.25) is 9.59 Å². The zero-order chi connectivity index (χ0) is 19.0. The SMILES string of the molecule is CCCOC(=O)CCCCCCCCC(=O)OCc1ccc(OC)cc1. The third kappa shape index (κ3) is 10.7. The first-order chi connectivity index (χ1) is 12.7. The highest BCUT2D eigenvalue weighted by Gasteiger charge is 2.04. The quantitative estimate of drug-likeness (QED) is 0.350. The zero-order valence-corrected chi connectivity index (χ0v) is 16.1. The van der Waals surface area contributed by atoms with Gasteiger partial charge in [-0.05, 0) is 37.0 Å². The second-order valence-corrected chi connectivity index (χ2v) is 6.35. The Balaban J connectivity index is 1.95. The molecule has 0 aliphatic heterocycles. The van der Waals surface area contributed by atoms with Crippen LogP contribution in [-0.4, -0.2) is 25.7 Å². The van der Waals surface area contributed by atoms with Gasteiger partial charge in [0, 0.05) is 12.8 Å². The van der Waals surface area contributed by atoms with Crippen LogP contribution in [0.4, 0.5) is 0 Å². The first-order valence-electron chi connectivity index (χ1n) is 9.60. The highest BCUT2D eigenvalue weighted by molar-refractivity contribution is 5.69. The molecule has 0 saturated carbocycles. The molecule has 0 fully saturated rings. The maximum Gasteiger partial charge on any atom is 0.306 e. The number of ether oxygens (including phenoxy) is 3. The molecular weight excluding hydrogens is 332 g/mol. The van der Waals surface area contributed by atoms with Crippen molar-refractivity contribution in [2.45, 2.75) is 71.3 Å². The van der Waals surface area contributed by atoms with Gasteiger partial charge in [-0.15, -0.1) is 0 Å². The summed E-state index contributed by atoms with van der Waals surface area (Å²) >= 11 is 0. The molecular formula is C21H32O5. The number of hydrogen-bond acceptors (Lipinski definition) is 5. The van der Waals surface area contributed by atoms with E-state index in [9.17, 15) is 9.59 Å². The van der Waals surface area contributed by atoms with Gasteiger partial charge in [0.15, 0.2) is 0 Å². The fraction of sp³-hybridized carbons (Fsp3) is 0.619. The maximum atomic E-state index is 11.7. The second kappa shape index (κ2) is 14.2. The number of carbonyl (C=O) groups excluding carboxylic acids is 2. The number of carbonyl (C=O) groups is 2. The van der Waals surface area contributed by atoms with Crippen molar-refractivity contribution in [1.82, 2.24) is 0 Å². The van der Waals surface area contributed by atoms with E-state index >= 15 is 0 Å². The molecule has 1 rings (SSSR count). The first-order valence-corrected chi connectivity index (χ1v) is 9.60. The van der Waals surface area contributed by atoms with E-state index in [1.54, 1.807) is 7.11 Å². The molecule has 0 aliphatic rings. The lowest BCUT2D eigenvalue weighted by molar-refractivity contribution is -0.145. The Hall–Kier alpha value is -2.04. The van der Waals surface area contributed by atoms with Gasteiger partial charge in [-0.25, -0.2) is 0 Å². The molecule has 146 valence electrons. The van der Waals surface area contributed by atoms with Gasteiger partial charge in [0.2, 0.25) is 0 Å². The molecule has 0 atom stereocenters. The van der Waals surface area contributed by atoms with Crippen LogP contribution in [0.25, 0.3) is 0 Å². The summed E-state index contributed by atoms with van der Waals surface area (Å²) in [5.41, 5.74) is 0.955. The van der Waals surface area contributed by atoms with E-state index in [2.05, 4.69) is 0 Å². The Kier molecular flexibility index (Phi) is 12.0. The van der Waals surface area contributed by atoms with Gasteiger partial charge in [0.1, 0.15) is 12.4 Å². The monoisotopic (exact) mass is 364 g/mol. The molecule has 1 aromatic carbocycles. The minimum atomic E-state index is -0.153. The van der Waals surface area contributed by atoms with Crippen molar-refractivity contribution >= 4 is 11.9 Å². The molecule has 0 bridgehead atoms. The molecule has 1 aromatic rings. The van der Waals surface area contributed by atoms with Crippen molar-refractivity contribution in [1.29, 1.82) is 0 Å². The Morgan fingerprint density at radius 1 is 0.808 bits per heavy atom. The van der Waals surface area contributed by atoms with Gasteiger partial charge in [-0.2, -0.15) is 0 Å². The topological polar surface area (TPSA) is 61.8 Å². The summed E-state index contributed by atoms with van der Waals surface area (Å²) in [6.07, 6.45) is 7.77. The Morgan fingerprint density at radius 2 is 1.35 bits per heavy atom. The van der Waals surface area contributed by atoms with Crippen LogP contribution in [-0.2, 0) is 25.7 Å². The van der Waals surface area contributed by atoms with Crippen LogP contribution >= 0.6 is 0 Å². The second-order valence-electron chi connectivity index (χ2n) is 6.35. The third-order valence-corrected chi connectivity index (χ3v) is 4.04. The minimum absolute atomic E-state index is 0.0912. The number of benzene rings is 1. The predicted molar refractivity (Wildman–Crippen MR) is 101 cm³/mol. The lowest BCUT2D eigenvalue weighted by Gasteiger charge is -2.06. The summed E-state index contributed by atoms with van der Waals surface area (Å²) in [6, 6.07) is 7.49. The Morgan fingerprint density at radius 3 is 1.88 bits per heavy atom. The summed E-state index contributed by atoms with van der Waals surface area (Å²) in [5.74, 6) is 0.545. The van der Waals surface area contributed by atoms with E-state index in [0.717, 1.165) is 56.3 Å². The van der Waals surface area contributed by atoms with Crippen LogP contribution in [0, 0.1) is 0 Å². The lowest BCUT2D eigenvalue weighted by Crippen LogP contribution is -2.05. The molecule has 0 saturated heterocycles. The van der Waals surface area contributed by atoms with E-state index in [1.165, 1.54) is 0 Å². The Bertz CT molecular complexity index is 510. The zero-order valence-electron chi connectivity index (χ0n) is 16.1. The molecule has 0 heterocycles. The van der Waals surface area contributed by atoms with Gasteiger partial charge in [0.05, 0.1) is 13.7 Å². The molecule has 0 radical (unpaired) electrons. The fourth-order valence-electron chi connectivity index (χ4n) is 2.49. The molecule has 5 nitrogen and oxygen atoms in total. The maximum absolute atomic E-state index is 11.7. The number of esters is 2. The van der Waals surface area contributed by atoms with E-state index < -0.39 is 0 Å². The molecule has 0 amide bonds. The molecule has 0 spiro atoms. The van der Waals surface area contributed by atoms with Gasteiger partial charge >= 0.3 is 11.9 Å². The van der Waals surface area contributed by atoms with Crippen LogP contribution in [0.5, 0.6) is 5.75 Å². The van der Waals surface area contributed by atoms with E-state index in [1.807, 2.05) is 31.2 Å². The van der Waals surface area contributed by atoms with Gasteiger partial charge in [0.25, 0.3) is 0 Å². The number of hydrogen-bond donors (Lipinski definition) is 0. The summed E-state index contributed by atoms with van der Waals surface area (Å²) in [4.78, 5) is 23.1. The van der Waals surface area contributed by atoms with Crippen molar-refractivity contribution in [3.8, 4) is 5.75 Å². The van der Waals surface area contributed by atoms with Crippen molar-refractivity contribution in [2.75, 3.05) is 13.7 Å². The first kappa shape index (κ1) is 22.0. The summed E-state index contributed by atoms with van der Waals surface area (Å²) in [7, 11) is 1.62. The van der Waals surface area contributed by atoms with Gasteiger partial charge in [-0.1, -0.05) is 44.7 Å². The van der Waals surface area contributed by atoms with Crippen molar-refractivity contribution < 1.29 is 23.8 Å². The van der Waals surface area contributed by atoms with Crippen LogP contribution in [0.15, 0.2) is 24.3 Å². The van der Waals surface area contributed by atoms with E-state index in [0.29, 0.717) is 26.1 Å². The Labute approximate surface area is 157 Å². The highest BCUT2D eigenvalue weighted by atomic mass is 16.5. The van der Waals surface area contributed by atoms with Crippen molar-refractivity contribution in [3.05, 3.63) is 29.8 Å². The molecule has 0 unspecified atom stereocenters. The highest BCUT2D eigenvalue weighted by Crippen LogP contribution is 2.13. The summed E-state index contributed by atoms with van der Waals surface area (Å²) in [6.45, 7) is 2.81. The van der Waals surface area contributed by atoms with Crippen molar-refractivity contribution in [3.63, 3.8) is 0 Å². The van der Waals surface area contributed by atoms with Crippen LogP contribution in [0.3, 0.4) is 0 Å². The molecule has 0 aromatic heterocycles. The van der Waals surface area contributed by atoms with E-state index in [4.69, 9.17) is 14.2 Å². The summed E-state index contributed by atoms with van der Waals surface area (Å²) < 4.78 is 15.4. The minimum Gasteiger partial charge on any atom is -0.497 e. The number of rotatable bonds is 14. The third-order valence-electron chi connectivity index (χ3n) is 4.04. The van der Waals surface area contributed by atoms with E-state index in [-0.39, 0.29) is 11.9 Å². The smallest absolute Gasteiger partial charge is 0.306 e. The lowest BCUT2D eigenvalue weighted by atomic mass is 10.1. The summed E-state index contributed by atoms with van der Waals surface area (Å²) in [5, 5.41) is 0. The van der Waals surface area contributed by atoms with Gasteiger partial charge < -0.3 is 14.2 Å². The number of unbranched alkanes of at least 4 members (excludes halogenated alkanes) is 5. The normalized spacial score (nSPS) is 10.4. The van der Waals surface area contributed by atoms with Crippen LogP contribution in [0.1, 0.15) is 70.3 Å². The fourth-order valence-corrected chi connectivity index (χ4v) is 2.49.